The summed E-state index contributed by atoms with van der Waals surface area (Å²) in [4.78, 5) is 20.1. The van der Waals surface area contributed by atoms with Gasteiger partial charge in [0.25, 0.3) is 0 Å². The molecule has 0 saturated heterocycles. The molecule has 124 valence electrons. The third-order valence-corrected chi connectivity index (χ3v) is 2.69. The highest BCUT2D eigenvalue weighted by atomic mass is 16.4. The van der Waals surface area contributed by atoms with E-state index in [-0.39, 0.29) is 6.29 Å². The standard InChI is InChI=1S/C9H11NO2.C5H10O5/c10-8(9(11)12)6-7-4-2-1-3-5-7;6-1-3(8)5(10)4(9)2-7/h1-5,8H,6,10H2,(H,11,12);1,3-5,7-10H,2H2. The van der Waals surface area contributed by atoms with Gasteiger partial charge in [-0.25, -0.2) is 0 Å². The minimum absolute atomic E-state index is 0.0869. The van der Waals surface area contributed by atoms with E-state index in [1.165, 1.54) is 0 Å². The van der Waals surface area contributed by atoms with Gasteiger partial charge < -0.3 is 36.1 Å². The van der Waals surface area contributed by atoms with Crippen molar-refractivity contribution in [2.45, 2.75) is 30.8 Å². The van der Waals surface area contributed by atoms with E-state index in [0.717, 1.165) is 5.56 Å². The van der Waals surface area contributed by atoms with Gasteiger partial charge >= 0.3 is 5.97 Å². The molecule has 22 heavy (non-hydrogen) atoms. The Balaban J connectivity index is 0.000000409. The van der Waals surface area contributed by atoms with Crippen LogP contribution in [0.15, 0.2) is 30.3 Å². The molecule has 0 spiro atoms. The lowest BCUT2D eigenvalue weighted by Crippen LogP contribution is -2.40. The maximum atomic E-state index is 10.4. The molecule has 0 aliphatic heterocycles. The van der Waals surface area contributed by atoms with Crippen LogP contribution in [-0.2, 0) is 16.0 Å². The van der Waals surface area contributed by atoms with Crippen LogP contribution in [0.3, 0.4) is 0 Å². The number of carboxylic acids is 1. The van der Waals surface area contributed by atoms with Gasteiger partial charge in [0.2, 0.25) is 0 Å². The molecule has 0 fully saturated rings. The van der Waals surface area contributed by atoms with Crippen LogP contribution in [0.1, 0.15) is 5.56 Å². The minimum atomic E-state index is -1.64. The summed E-state index contributed by atoms with van der Waals surface area (Å²) in [5.41, 5.74) is 6.30. The highest BCUT2D eigenvalue weighted by molar-refractivity contribution is 5.73. The van der Waals surface area contributed by atoms with Crippen molar-refractivity contribution in [3.63, 3.8) is 0 Å². The lowest BCUT2D eigenvalue weighted by Gasteiger charge is -2.16. The largest absolute Gasteiger partial charge is 0.480 e. The zero-order valence-corrected chi connectivity index (χ0v) is 11.8. The van der Waals surface area contributed by atoms with E-state index in [1.807, 2.05) is 30.3 Å². The molecule has 8 nitrogen and oxygen atoms in total. The summed E-state index contributed by atoms with van der Waals surface area (Å²) in [7, 11) is 0. The molecule has 0 saturated carbocycles. The van der Waals surface area contributed by atoms with Crippen LogP contribution in [0.5, 0.6) is 0 Å². The van der Waals surface area contributed by atoms with Gasteiger partial charge in [0.1, 0.15) is 24.4 Å². The highest BCUT2D eigenvalue weighted by Gasteiger charge is 2.22. The number of aliphatic hydroxyl groups is 4. The molecule has 0 aliphatic rings. The second kappa shape index (κ2) is 10.8. The van der Waals surface area contributed by atoms with Crippen molar-refractivity contribution in [2.24, 2.45) is 5.73 Å². The van der Waals surface area contributed by atoms with E-state index in [2.05, 4.69) is 0 Å². The zero-order chi connectivity index (χ0) is 17.1. The van der Waals surface area contributed by atoms with Crippen molar-refractivity contribution in [3.05, 3.63) is 35.9 Å². The molecule has 8 heteroatoms. The van der Waals surface area contributed by atoms with Crippen LogP contribution in [-0.4, -0.2) is 68.7 Å². The summed E-state index contributed by atoms with van der Waals surface area (Å²) in [6.07, 6.45) is -4.25. The number of aliphatic carboxylic acids is 1. The average molecular weight is 315 g/mol. The molecule has 1 rings (SSSR count). The molecular weight excluding hydrogens is 294 g/mol. The third kappa shape index (κ3) is 7.81. The lowest BCUT2D eigenvalue weighted by molar-refractivity contribution is -0.138. The predicted molar refractivity (Wildman–Crippen MR) is 76.9 cm³/mol. The summed E-state index contributed by atoms with van der Waals surface area (Å²) in [5, 5.41) is 42.6. The summed E-state index contributed by atoms with van der Waals surface area (Å²) in [6.45, 7) is -0.688. The maximum Gasteiger partial charge on any atom is 0.320 e. The van der Waals surface area contributed by atoms with Crippen molar-refractivity contribution < 1.29 is 35.1 Å². The summed E-state index contributed by atoms with van der Waals surface area (Å²) < 4.78 is 0. The van der Waals surface area contributed by atoms with Gasteiger partial charge in [-0.3, -0.25) is 4.79 Å². The second-order valence-corrected chi connectivity index (χ2v) is 4.50. The van der Waals surface area contributed by atoms with E-state index in [0.29, 0.717) is 6.42 Å². The first-order chi connectivity index (χ1) is 10.3. The van der Waals surface area contributed by atoms with Crippen LogP contribution in [0.4, 0.5) is 0 Å². The highest BCUT2D eigenvalue weighted by Crippen LogP contribution is 2.01. The Kier molecular flexibility index (Phi) is 9.92. The van der Waals surface area contributed by atoms with E-state index < -0.39 is 36.9 Å². The number of carboxylic acid groups (broad SMARTS) is 1. The third-order valence-electron chi connectivity index (χ3n) is 2.69. The number of aldehydes is 1. The van der Waals surface area contributed by atoms with E-state index in [9.17, 15) is 9.59 Å². The SMILES string of the molecule is NC(Cc1ccccc1)C(=O)O.O=CC(O)C(O)C(O)CO. The number of hydrogen-bond acceptors (Lipinski definition) is 7. The first-order valence-corrected chi connectivity index (χ1v) is 6.46. The number of carbonyl (C=O) groups excluding carboxylic acids is 1. The fraction of sp³-hybridized carbons (Fsp3) is 0.429. The molecule has 0 bridgehead atoms. The molecule has 1 aromatic carbocycles. The van der Waals surface area contributed by atoms with Crippen LogP contribution in [0.25, 0.3) is 0 Å². The number of rotatable bonds is 7. The van der Waals surface area contributed by atoms with Gasteiger partial charge in [-0.15, -0.1) is 0 Å². The predicted octanol–water partition coefficient (Wildman–Crippen LogP) is -2.10. The van der Waals surface area contributed by atoms with Crippen molar-refractivity contribution in [1.29, 1.82) is 0 Å². The van der Waals surface area contributed by atoms with Crippen LogP contribution in [0, 0.1) is 0 Å². The molecule has 0 aliphatic carbocycles. The first kappa shape index (κ1) is 20.2. The van der Waals surface area contributed by atoms with E-state index >= 15 is 0 Å². The lowest BCUT2D eigenvalue weighted by atomic mass is 10.1. The minimum Gasteiger partial charge on any atom is -0.480 e. The molecule has 0 amide bonds. The van der Waals surface area contributed by atoms with Gasteiger partial charge in [0, 0.05) is 0 Å². The number of aliphatic hydroxyl groups excluding tert-OH is 4. The van der Waals surface area contributed by atoms with Gasteiger partial charge in [0.15, 0.2) is 6.29 Å². The van der Waals surface area contributed by atoms with Crippen LogP contribution in [0.2, 0.25) is 0 Å². The number of benzene rings is 1. The van der Waals surface area contributed by atoms with Gasteiger partial charge in [-0.1, -0.05) is 30.3 Å². The number of nitrogens with two attached hydrogens (primary N) is 1. The smallest absolute Gasteiger partial charge is 0.320 e. The molecular formula is C14H21NO7. The monoisotopic (exact) mass is 315 g/mol. The Morgan fingerprint density at radius 3 is 2.14 bits per heavy atom. The fourth-order valence-corrected chi connectivity index (χ4v) is 1.37. The summed E-state index contributed by atoms with van der Waals surface area (Å²) in [5.74, 6) is -0.959. The van der Waals surface area contributed by atoms with Crippen molar-refractivity contribution >= 4 is 12.3 Å². The zero-order valence-electron chi connectivity index (χ0n) is 11.8. The molecule has 1 aromatic rings. The molecule has 4 atom stereocenters. The Labute approximate surface area is 127 Å². The normalized spacial score (nSPS) is 15.7. The van der Waals surface area contributed by atoms with Gasteiger partial charge in [-0.2, -0.15) is 0 Å². The molecule has 4 unspecified atom stereocenters. The molecule has 0 radical (unpaired) electrons. The average Bonchev–Trinajstić information content (AvgIpc) is 2.54. The molecule has 7 N–H and O–H groups in total. The van der Waals surface area contributed by atoms with Crippen LogP contribution >= 0.6 is 0 Å². The van der Waals surface area contributed by atoms with Crippen molar-refractivity contribution in [2.75, 3.05) is 6.61 Å². The van der Waals surface area contributed by atoms with Crippen molar-refractivity contribution in [3.8, 4) is 0 Å². The van der Waals surface area contributed by atoms with Gasteiger partial charge in [0.05, 0.1) is 6.61 Å². The quantitative estimate of drug-likeness (QED) is 0.312. The Hall–Kier alpha value is -1.84. The molecule has 0 aromatic heterocycles. The summed E-state index contributed by atoms with van der Waals surface area (Å²) >= 11 is 0. The fourth-order valence-electron chi connectivity index (χ4n) is 1.37. The maximum absolute atomic E-state index is 10.4. The Morgan fingerprint density at radius 1 is 1.18 bits per heavy atom. The van der Waals surface area contributed by atoms with E-state index in [1.54, 1.807) is 0 Å². The van der Waals surface area contributed by atoms with Crippen LogP contribution < -0.4 is 5.73 Å². The second-order valence-electron chi connectivity index (χ2n) is 4.50. The topological polar surface area (TPSA) is 161 Å². The number of hydrogen-bond donors (Lipinski definition) is 6. The Morgan fingerprint density at radius 2 is 1.73 bits per heavy atom. The van der Waals surface area contributed by atoms with Gasteiger partial charge in [-0.05, 0) is 12.0 Å². The summed E-state index contributed by atoms with van der Waals surface area (Å²) in [6, 6.07) is 8.54. The number of carbonyl (C=O) groups is 2. The van der Waals surface area contributed by atoms with Crippen molar-refractivity contribution in [1.82, 2.24) is 0 Å². The first-order valence-electron chi connectivity index (χ1n) is 6.46. The molecule has 0 heterocycles. The Bertz CT molecular complexity index is 440. The van der Waals surface area contributed by atoms with E-state index in [4.69, 9.17) is 31.3 Å².